The van der Waals surface area contributed by atoms with Gasteiger partial charge in [-0.15, -0.1) is 5.10 Å². The van der Waals surface area contributed by atoms with Gasteiger partial charge in [-0.2, -0.15) is 0 Å². The van der Waals surface area contributed by atoms with Crippen LogP contribution in [0.2, 0.25) is 0 Å². The van der Waals surface area contributed by atoms with Crippen molar-refractivity contribution in [3.05, 3.63) is 10.6 Å². The van der Waals surface area contributed by atoms with Crippen LogP contribution in [-0.2, 0) is 5.41 Å². The Morgan fingerprint density at radius 3 is 2.67 bits per heavy atom. The normalized spacial score (nSPS) is 23.4. The topological polar surface area (TPSA) is 58.1 Å². The van der Waals surface area contributed by atoms with Crippen molar-refractivity contribution in [2.24, 2.45) is 0 Å². The highest BCUT2D eigenvalue weighted by molar-refractivity contribution is 7.08. The van der Waals surface area contributed by atoms with Crippen LogP contribution in [0, 0.1) is 0 Å². The van der Waals surface area contributed by atoms with E-state index in [0.29, 0.717) is 10.9 Å². The Morgan fingerprint density at radius 2 is 2.10 bits per heavy atom. The number of piperazine rings is 1. The van der Waals surface area contributed by atoms with E-state index in [0.717, 1.165) is 31.6 Å². The monoisotopic (exact) mass is 310 g/mol. The Kier molecular flexibility index (Phi) is 4.99. The molecule has 1 saturated heterocycles. The van der Waals surface area contributed by atoms with Crippen LogP contribution in [0.25, 0.3) is 0 Å². The SMILES string of the molecule is CCC1CN(C(=O)c2snnc2C(C)(C)C)C(CC)CN1. The van der Waals surface area contributed by atoms with Crippen LogP contribution < -0.4 is 5.32 Å². The lowest BCUT2D eigenvalue weighted by Gasteiger charge is -2.40. The van der Waals surface area contributed by atoms with Crippen LogP contribution in [0.3, 0.4) is 0 Å². The quantitative estimate of drug-likeness (QED) is 0.931. The minimum atomic E-state index is -0.155. The Balaban J connectivity index is 2.27. The van der Waals surface area contributed by atoms with E-state index in [-0.39, 0.29) is 17.4 Å². The molecule has 2 unspecified atom stereocenters. The number of hydrogen-bond acceptors (Lipinski definition) is 5. The number of rotatable bonds is 3. The smallest absolute Gasteiger partial charge is 0.267 e. The van der Waals surface area contributed by atoms with Crippen LogP contribution in [0.4, 0.5) is 0 Å². The van der Waals surface area contributed by atoms with Gasteiger partial charge in [-0.3, -0.25) is 4.79 Å². The number of hydrogen-bond donors (Lipinski definition) is 1. The van der Waals surface area contributed by atoms with Gasteiger partial charge in [0.15, 0.2) is 0 Å². The highest BCUT2D eigenvalue weighted by atomic mass is 32.1. The minimum absolute atomic E-state index is 0.0988. The molecule has 0 radical (unpaired) electrons. The third kappa shape index (κ3) is 3.43. The fourth-order valence-electron chi connectivity index (χ4n) is 2.70. The van der Waals surface area contributed by atoms with Gasteiger partial charge in [0.25, 0.3) is 5.91 Å². The molecule has 1 aromatic rings. The molecule has 0 aliphatic carbocycles. The van der Waals surface area contributed by atoms with Crippen molar-refractivity contribution in [2.45, 2.75) is 65.0 Å². The van der Waals surface area contributed by atoms with E-state index in [2.05, 4.69) is 49.5 Å². The van der Waals surface area contributed by atoms with E-state index in [4.69, 9.17) is 0 Å². The van der Waals surface area contributed by atoms with Gasteiger partial charge in [-0.1, -0.05) is 39.1 Å². The van der Waals surface area contributed by atoms with Gasteiger partial charge in [0.2, 0.25) is 0 Å². The number of carbonyl (C=O) groups is 1. The maximum Gasteiger partial charge on any atom is 0.267 e. The second kappa shape index (κ2) is 6.40. The molecule has 1 fully saturated rings. The second-order valence-corrected chi connectivity index (χ2v) is 7.49. The van der Waals surface area contributed by atoms with Crippen molar-refractivity contribution in [3.8, 4) is 0 Å². The third-order valence-corrected chi connectivity index (χ3v) is 4.83. The van der Waals surface area contributed by atoms with Crippen LogP contribution in [0.15, 0.2) is 0 Å². The zero-order valence-corrected chi connectivity index (χ0v) is 14.5. The molecule has 0 spiro atoms. The maximum atomic E-state index is 13.0. The fourth-order valence-corrected chi connectivity index (χ4v) is 3.54. The molecule has 2 rings (SSSR count). The molecule has 0 saturated carbocycles. The number of amides is 1. The molecule has 1 aliphatic rings. The number of nitrogens with one attached hydrogen (secondary N) is 1. The van der Waals surface area contributed by atoms with E-state index < -0.39 is 0 Å². The fraction of sp³-hybridized carbons (Fsp3) is 0.800. The molecule has 2 atom stereocenters. The summed E-state index contributed by atoms with van der Waals surface area (Å²) in [6, 6.07) is 0.644. The second-order valence-electron chi connectivity index (χ2n) is 6.73. The summed E-state index contributed by atoms with van der Waals surface area (Å²) >= 11 is 1.23. The Labute approximate surface area is 131 Å². The predicted octanol–water partition coefficient (Wildman–Crippen LogP) is 2.44. The van der Waals surface area contributed by atoms with Gasteiger partial charge in [0, 0.05) is 30.6 Å². The summed E-state index contributed by atoms with van der Waals surface area (Å²) in [5, 5.41) is 7.72. The van der Waals surface area contributed by atoms with Crippen molar-refractivity contribution >= 4 is 17.4 Å². The largest absolute Gasteiger partial charge is 0.332 e. The summed E-state index contributed by atoms with van der Waals surface area (Å²) in [5.41, 5.74) is 0.664. The Hall–Kier alpha value is -1.01. The highest BCUT2D eigenvalue weighted by Gasteiger charge is 2.34. The lowest BCUT2D eigenvalue weighted by molar-refractivity contribution is 0.0578. The average Bonchev–Trinajstić information content (AvgIpc) is 2.95. The average molecular weight is 310 g/mol. The lowest BCUT2D eigenvalue weighted by atomic mass is 9.91. The zero-order valence-electron chi connectivity index (χ0n) is 13.6. The van der Waals surface area contributed by atoms with Crippen LogP contribution in [0.1, 0.15) is 62.8 Å². The molecule has 0 aromatic carbocycles. The molecule has 21 heavy (non-hydrogen) atoms. The molecule has 2 heterocycles. The molecule has 0 bridgehead atoms. The van der Waals surface area contributed by atoms with Gasteiger partial charge < -0.3 is 10.2 Å². The minimum Gasteiger partial charge on any atom is -0.332 e. The van der Waals surface area contributed by atoms with Crippen molar-refractivity contribution in [2.75, 3.05) is 13.1 Å². The molecule has 6 heteroatoms. The van der Waals surface area contributed by atoms with E-state index in [1.54, 1.807) is 0 Å². The van der Waals surface area contributed by atoms with E-state index in [1.165, 1.54) is 11.5 Å². The van der Waals surface area contributed by atoms with Crippen LogP contribution >= 0.6 is 11.5 Å². The van der Waals surface area contributed by atoms with Crippen molar-refractivity contribution in [1.82, 2.24) is 19.8 Å². The van der Waals surface area contributed by atoms with Crippen molar-refractivity contribution in [3.63, 3.8) is 0 Å². The van der Waals surface area contributed by atoms with Gasteiger partial charge in [0.05, 0.1) is 5.69 Å². The molecule has 1 amide bonds. The first kappa shape index (κ1) is 16.4. The molecular weight excluding hydrogens is 284 g/mol. The highest BCUT2D eigenvalue weighted by Crippen LogP contribution is 2.28. The first-order valence-corrected chi connectivity index (χ1v) is 8.53. The maximum absolute atomic E-state index is 13.0. The van der Waals surface area contributed by atoms with Crippen molar-refractivity contribution in [1.29, 1.82) is 0 Å². The predicted molar refractivity (Wildman–Crippen MR) is 85.8 cm³/mol. The van der Waals surface area contributed by atoms with E-state index in [1.807, 2.05) is 4.90 Å². The van der Waals surface area contributed by atoms with Gasteiger partial charge in [-0.25, -0.2) is 0 Å². The van der Waals surface area contributed by atoms with E-state index >= 15 is 0 Å². The first-order chi connectivity index (χ1) is 9.88. The van der Waals surface area contributed by atoms with Gasteiger partial charge in [0.1, 0.15) is 4.88 Å². The lowest BCUT2D eigenvalue weighted by Crippen LogP contribution is -2.58. The van der Waals surface area contributed by atoms with Gasteiger partial charge in [-0.05, 0) is 24.4 Å². The summed E-state index contributed by atoms with van der Waals surface area (Å²) in [6.45, 7) is 12.2. The van der Waals surface area contributed by atoms with Crippen LogP contribution in [0.5, 0.6) is 0 Å². The molecule has 1 N–H and O–H groups in total. The van der Waals surface area contributed by atoms with Crippen molar-refractivity contribution < 1.29 is 4.79 Å². The Morgan fingerprint density at radius 1 is 1.38 bits per heavy atom. The molecule has 118 valence electrons. The first-order valence-electron chi connectivity index (χ1n) is 7.75. The molecule has 5 nitrogen and oxygen atoms in total. The summed E-state index contributed by atoms with van der Waals surface area (Å²) in [7, 11) is 0. The molecular formula is C15H26N4OS. The summed E-state index contributed by atoms with van der Waals surface area (Å²) in [6.07, 6.45) is 2.00. The molecule has 1 aliphatic heterocycles. The third-order valence-electron chi connectivity index (χ3n) is 4.12. The van der Waals surface area contributed by atoms with E-state index in [9.17, 15) is 4.79 Å². The Bertz CT molecular complexity index is 494. The number of aromatic nitrogens is 2. The zero-order chi connectivity index (χ0) is 15.6. The summed E-state index contributed by atoms with van der Waals surface area (Å²) < 4.78 is 4.02. The van der Waals surface area contributed by atoms with Crippen LogP contribution in [-0.4, -0.2) is 45.6 Å². The van der Waals surface area contributed by atoms with Gasteiger partial charge >= 0.3 is 0 Å². The summed E-state index contributed by atoms with van der Waals surface area (Å²) in [4.78, 5) is 15.7. The standard InChI is InChI=1S/C15H26N4OS/c1-6-10-9-19(11(7-2)8-16-10)14(20)12-13(15(3,4)5)17-18-21-12/h10-11,16H,6-9H2,1-5H3. The number of carbonyl (C=O) groups excluding carboxylic acids is 1. The summed E-state index contributed by atoms with van der Waals surface area (Å²) in [5.74, 6) is 0.0988. The molecule has 1 aromatic heterocycles. The number of nitrogens with zero attached hydrogens (tertiary/aromatic N) is 3.